The summed E-state index contributed by atoms with van der Waals surface area (Å²) in [6.45, 7) is 0.130. The van der Waals surface area contributed by atoms with Crippen molar-refractivity contribution >= 4 is 46.6 Å². The highest BCUT2D eigenvalue weighted by molar-refractivity contribution is 6.68. The van der Waals surface area contributed by atoms with E-state index in [1.54, 1.807) is 12.1 Å². The molecule has 1 unspecified atom stereocenters. The molecule has 0 aromatic heterocycles. The molecule has 0 aliphatic heterocycles. The number of carbonyl (C=O) groups is 1. The Morgan fingerprint density at radius 3 is 2.13 bits per heavy atom. The van der Waals surface area contributed by atoms with Gasteiger partial charge in [0.2, 0.25) is 3.79 Å². The fraction of sp³-hybridized carbons (Fsp3) is 0.188. The van der Waals surface area contributed by atoms with E-state index in [1.807, 2.05) is 48.5 Å². The third kappa shape index (κ3) is 6.18. The minimum Gasteiger partial charge on any atom is -0.445 e. The van der Waals surface area contributed by atoms with Gasteiger partial charge in [0, 0.05) is 5.69 Å². The summed E-state index contributed by atoms with van der Waals surface area (Å²) in [4.78, 5) is 11.9. The van der Waals surface area contributed by atoms with Gasteiger partial charge in [-0.15, -0.1) is 0 Å². The lowest BCUT2D eigenvalue weighted by atomic mass is 10.2. The van der Waals surface area contributed by atoms with Gasteiger partial charge in [-0.05, 0) is 17.7 Å². The van der Waals surface area contributed by atoms with Crippen molar-refractivity contribution in [2.45, 2.75) is 16.6 Å². The molecule has 4 nitrogen and oxygen atoms in total. The second kappa shape index (κ2) is 8.29. The number of alkyl carbamates (subject to hydrolysis) is 1. The molecule has 2 rings (SSSR count). The first-order chi connectivity index (χ1) is 10.9. The maximum Gasteiger partial charge on any atom is 0.409 e. The van der Waals surface area contributed by atoms with Crippen LogP contribution in [0.4, 0.5) is 10.5 Å². The van der Waals surface area contributed by atoms with Gasteiger partial charge in [0.25, 0.3) is 0 Å². The Bertz CT molecular complexity index is 618. The van der Waals surface area contributed by atoms with E-state index in [1.165, 1.54) is 0 Å². The average molecular weight is 374 g/mol. The van der Waals surface area contributed by atoms with Crippen LogP contribution >= 0.6 is 34.8 Å². The predicted octanol–water partition coefficient (Wildman–Crippen LogP) is 4.72. The second-order valence-electron chi connectivity index (χ2n) is 4.69. The van der Waals surface area contributed by atoms with Crippen LogP contribution in [0.3, 0.4) is 0 Å². The molecular formula is C16H15Cl3N2O2. The van der Waals surface area contributed by atoms with Crippen molar-refractivity contribution in [2.75, 3.05) is 5.32 Å². The number of anilines is 1. The zero-order chi connectivity index (χ0) is 16.7. The molecular weight excluding hydrogens is 359 g/mol. The number of ether oxygens (including phenoxy) is 1. The van der Waals surface area contributed by atoms with E-state index in [0.717, 1.165) is 5.56 Å². The number of para-hydroxylation sites is 1. The molecule has 0 fully saturated rings. The average Bonchev–Trinajstić information content (AvgIpc) is 2.53. The molecule has 7 heteroatoms. The third-order valence-corrected chi connectivity index (χ3v) is 3.54. The molecule has 0 saturated heterocycles. The Labute approximate surface area is 149 Å². The van der Waals surface area contributed by atoms with E-state index in [0.29, 0.717) is 5.69 Å². The summed E-state index contributed by atoms with van der Waals surface area (Å²) in [6, 6.07) is 18.4. The molecule has 0 radical (unpaired) electrons. The van der Waals surface area contributed by atoms with Crippen molar-refractivity contribution in [3.05, 3.63) is 66.2 Å². The number of hydrogen-bond donors (Lipinski definition) is 2. The van der Waals surface area contributed by atoms with E-state index in [-0.39, 0.29) is 6.61 Å². The zero-order valence-electron chi connectivity index (χ0n) is 12.0. The zero-order valence-corrected chi connectivity index (χ0v) is 14.3. The normalized spacial score (nSPS) is 12.3. The molecule has 0 spiro atoms. The number of benzene rings is 2. The monoisotopic (exact) mass is 372 g/mol. The fourth-order valence-electron chi connectivity index (χ4n) is 1.78. The first-order valence-electron chi connectivity index (χ1n) is 6.80. The van der Waals surface area contributed by atoms with E-state index < -0.39 is 16.1 Å². The highest BCUT2D eigenvalue weighted by atomic mass is 35.6. The first kappa shape index (κ1) is 17.7. The Kier molecular flexibility index (Phi) is 6.39. The van der Waals surface area contributed by atoms with E-state index >= 15 is 0 Å². The van der Waals surface area contributed by atoms with Gasteiger partial charge in [-0.1, -0.05) is 83.3 Å². The Morgan fingerprint density at radius 1 is 1.00 bits per heavy atom. The van der Waals surface area contributed by atoms with Gasteiger partial charge < -0.3 is 10.1 Å². The summed E-state index contributed by atoms with van der Waals surface area (Å²) in [7, 11) is 0. The van der Waals surface area contributed by atoms with E-state index in [2.05, 4.69) is 10.6 Å². The summed E-state index contributed by atoms with van der Waals surface area (Å²) < 4.78 is 3.38. The number of nitrogens with one attached hydrogen (secondary N) is 2. The maximum absolute atomic E-state index is 11.9. The molecule has 0 saturated carbocycles. The molecule has 122 valence electrons. The molecule has 0 aliphatic rings. The summed E-state index contributed by atoms with van der Waals surface area (Å²) in [5.41, 5.74) is 1.57. The lowest BCUT2D eigenvalue weighted by molar-refractivity contribution is 0.137. The van der Waals surface area contributed by atoms with Crippen molar-refractivity contribution in [2.24, 2.45) is 0 Å². The molecule has 1 atom stereocenters. The number of alkyl halides is 3. The highest BCUT2D eigenvalue weighted by Gasteiger charge is 2.34. The number of rotatable bonds is 5. The standard InChI is InChI=1S/C16H15Cl3N2O2/c17-16(18,19)14(20-13-9-5-2-6-10-13)21-15(22)23-11-12-7-3-1-4-8-12/h1-10,14,20H,11H2,(H,21,22). The van der Waals surface area contributed by atoms with Crippen LogP contribution in [0.5, 0.6) is 0 Å². The Hall–Kier alpha value is -1.62. The molecule has 23 heavy (non-hydrogen) atoms. The van der Waals surface area contributed by atoms with Crippen LogP contribution in [0.25, 0.3) is 0 Å². The Balaban J connectivity index is 1.93. The minimum absolute atomic E-state index is 0.130. The van der Waals surface area contributed by atoms with Gasteiger partial charge in [-0.3, -0.25) is 5.32 Å². The molecule has 2 aromatic rings. The van der Waals surface area contributed by atoms with E-state index in [4.69, 9.17) is 39.5 Å². The summed E-state index contributed by atoms with van der Waals surface area (Å²) in [5, 5.41) is 5.45. The van der Waals surface area contributed by atoms with Crippen LogP contribution in [0.2, 0.25) is 0 Å². The topological polar surface area (TPSA) is 50.4 Å². The minimum atomic E-state index is -1.75. The van der Waals surface area contributed by atoms with Crippen LogP contribution in [0.1, 0.15) is 5.56 Å². The first-order valence-corrected chi connectivity index (χ1v) is 7.94. The highest BCUT2D eigenvalue weighted by Crippen LogP contribution is 2.31. The van der Waals surface area contributed by atoms with Gasteiger partial charge >= 0.3 is 6.09 Å². The molecule has 0 bridgehead atoms. The molecule has 2 aromatic carbocycles. The number of amides is 1. The van der Waals surface area contributed by atoms with Crippen LogP contribution in [-0.4, -0.2) is 16.1 Å². The SMILES string of the molecule is O=C(NC(Nc1ccccc1)C(Cl)(Cl)Cl)OCc1ccccc1. The van der Waals surface area contributed by atoms with Crippen LogP contribution < -0.4 is 10.6 Å². The number of carbonyl (C=O) groups excluding carboxylic acids is 1. The largest absolute Gasteiger partial charge is 0.445 e. The number of hydrogen-bond acceptors (Lipinski definition) is 3. The van der Waals surface area contributed by atoms with Crippen LogP contribution in [-0.2, 0) is 11.3 Å². The molecule has 2 N–H and O–H groups in total. The predicted molar refractivity (Wildman–Crippen MR) is 93.9 cm³/mol. The Morgan fingerprint density at radius 2 is 1.57 bits per heavy atom. The summed E-state index contributed by atoms with van der Waals surface area (Å²) >= 11 is 17.7. The van der Waals surface area contributed by atoms with Crippen LogP contribution in [0.15, 0.2) is 60.7 Å². The van der Waals surface area contributed by atoms with Gasteiger partial charge in [-0.25, -0.2) is 4.79 Å². The van der Waals surface area contributed by atoms with Gasteiger partial charge in [-0.2, -0.15) is 0 Å². The molecule has 0 heterocycles. The van der Waals surface area contributed by atoms with Gasteiger partial charge in [0.05, 0.1) is 0 Å². The van der Waals surface area contributed by atoms with Crippen molar-refractivity contribution < 1.29 is 9.53 Å². The lowest BCUT2D eigenvalue weighted by Gasteiger charge is -2.27. The molecule has 0 aliphatic carbocycles. The smallest absolute Gasteiger partial charge is 0.409 e. The number of halogens is 3. The third-order valence-electron chi connectivity index (χ3n) is 2.89. The summed E-state index contributed by atoms with van der Waals surface area (Å²) in [6.07, 6.45) is -1.63. The van der Waals surface area contributed by atoms with Crippen molar-refractivity contribution in [3.63, 3.8) is 0 Å². The quantitative estimate of drug-likeness (QED) is 0.589. The maximum atomic E-state index is 11.9. The summed E-state index contributed by atoms with van der Waals surface area (Å²) in [5.74, 6) is 0. The second-order valence-corrected chi connectivity index (χ2v) is 7.06. The van der Waals surface area contributed by atoms with Crippen molar-refractivity contribution in [1.29, 1.82) is 0 Å². The lowest BCUT2D eigenvalue weighted by Crippen LogP contribution is -2.49. The van der Waals surface area contributed by atoms with Crippen molar-refractivity contribution in [1.82, 2.24) is 5.32 Å². The molecule has 1 amide bonds. The van der Waals surface area contributed by atoms with Crippen molar-refractivity contribution in [3.8, 4) is 0 Å². The van der Waals surface area contributed by atoms with Crippen LogP contribution in [0, 0.1) is 0 Å². The van der Waals surface area contributed by atoms with E-state index in [9.17, 15) is 4.79 Å². The van der Waals surface area contributed by atoms with Gasteiger partial charge in [0.1, 0.15) is 12.8 Å². The van der Waals surface area contributed by atoms with Gasteiger partial charge in [0.15, 0.2) is 0 Å². The fourth-order valence-corrected chi connectivity index (χ4v) is 2.11.